The number of aromatic nitrogens is 2. The monoisotopic (exact) mass is 314 g/mol. The van der Waals surface area contributed by atoms with Gasteiger partial charge >= 0.3 is 0 Å². The summed E-state index contributed by atoms with van der Waals surface area (Å²) >= 11 is 0. The van der Waals surface area contributed by atoms with Gasteiger partial charge in [-0.2, -0.15) is 0 Å². The molecule has 0 amide bonds. The number of hydrogen-bond acceptors (Lipinski definition) is 3. The number of aliphatic hydroxyl groups is 1. The van der Waals surface area contributed by atoms with Gasteiger partial charge in [0.15, 0.2) is 0 Å². The molecule has 0 fully saturated rings. The molecule has 23 heavy (non-hydrogen) atoms. The van der Waals surface area contributed by atoms with Crippen LogP contribution in [0.15, 0.2) is 48.5 Å². The van der Waals surface area contributed by atoms with Crippen molar-refractivity contribution < 1.29 is 14.2 Å². The predicted molar refractivity (Wildman–Crippen MR) is 87.0 cm³/mol. The highest BCUT2D eigenvalue weighted by atomic mass is 19.1. The second-order valence-corrected chi connectivity index (χ2v) is 5.40. The van der Waals surface area contributed by atoms with Gasteiger partial charge in [0, 0.05) is 6.42 Å². The highest BCUT2D eigenvalue weighted by Gasteiger charge is 2.13. The molecule has 1 atom stereocenters. The zero-order chi connectivity index (χ0) is 16.2. The van der Waals surface area contributed by atoms with Gasteiger partial charge in [0.2, 0.25) is 0 Å². The number of halogens is 1. The molecule has 0 bridgehead atoms. The molecule has 0 saturated carbocycles. The Morgan fingerprint density at radius 2 is 1.91 bits per heavy atom. The largest absolute Gasteiger partial charge is 0.491 e. The van der Waals surface area contributed by atoms with Gasteiger partial charge in [-0.1, -0.05) is 19.1 Å². The summed E-state index contributed by atoms with van der Waals surface area (Å²) in [5.41, 5.74) is 1.93. The van der Waals surface area contributed by atoms with Gasteiger partial charge in [-0.05, 0) is 36.4 Å². The van der Waals surface area contributed by atoms with Crippen molar-refractivity contribution in [3.8, 4) is 5.75 Å². The minimum absolute atomic E-state index is 0.140. The van der Waals surface area contributed by atoms with Gasteiger partial charge in [-0.3, -0.25) is 0 Å². The molecule has 5 heteroatoms. The van der Waals surface area contributed by atoms with E-state index in [9.17, 15) is 9.50 Å². The first-order valence-electron chi connectivity index (χ1n) is 7.68. The molecular weight excluding hydrogens is 295 g/mol. The summed E-state index contributed by atoms with van der Waals surface area (Å²) in [5, 5.41) is 10.3. The number of imidazole rings is 1. The molecule has 0 aliphatic rings. The van der Waals surface area contributed by atoms with Crippen LogP contribution < -0.4 is 4.74 Å². The molecule has 1 N–H and O–H groups in total. The standard InChI is InChI=1S/C18H19FN2O2/c1-2-18-20-16-5-3-4-6-17(16)21(18)11-14(22)12-23-15-9-7-13(19)8-10-15/h3-10,14,22H,2,11-12H2,1H3. The summed E-state index contributed by atoms with van der Waals surface area (Å²) in [7, 11) is 0. The highest BCUT2D eigenvalue weighted by Crippen LogP contribution is 2.17. The molecule has 2 aromatic carbocycles. The second kappa shape index (κ2) is 6.79. The van der Waals surface area contributed by atoms with E-state index in [1.54, 1.807) is 12.1 Å². The fraction of sp³-hybridized carbons (Fsp3) is 0.278. The van der Waals surface area contributed by atoms with Crippen molar-refractivity contribution in [3.63, 3.8) is 0 Å². The number of nitrogens with zero attached hydrogens (tertiary/aromatic N) is 2. The van der Waals surface area contributed by atoms with Gasteiger partial charge in [-0.25, -0.2) is 9.37 Å². The van der Waals surface area contributed by atoms with Crippen molar-refractivity contribution in [2.45, 2.75) is 26.0 Å². The summed E-state index contributed by atoms with van der Waals surface area (Å²) < 4.78 is 20.4. The van der Waals surface area contributed by atoms with E-state index in [4.69, 9.17) is 4.74 Å². The fourth-order valence-electron chi connectivity index (χ4n) is 2.59. The van der Waals surface area contributed by atoms with Crippen LogP contribution in [-0.4, -0.2) is 27.4 Å². The topological polar surface area (TPSA) is 47.3 Å². The summed E-state index contributed by atoms with van der Waals surface area (Å²) in [5.74, 6) is 1.17. The molecule has 0 saturated heterocycles. The Labute approximate surface area is 134 Å². The summed E-state index contributed by atoms with van der Waals surface area (Å²) in [6, 6.07) is 13.6. The van der Waals surface area contributed by atoms with Gasteiger partial charge in [-0.15, -0.1) is 0 Å². The van der Waals surface area contributed by atoms with Gasteiger partial charge in [0.25, 0.3) is 0 Å². The van der Waals surface area contributed by atoms with Gasteiger partial charge < -0.3 is 14.4 Å². The Balaban J connectivity index is 1.70. The summed E-state index contributed by atoms with van der Waals surface area (Å²) in [6.07, 6.45) is 0.114. The lowest BCUT2D eigenvalue weighted by atomic mass is 10.3. The lowest BCUT2D eigenvalue weighted by Crippen LogP contribution is -2.24. The van der Waals surface area contributed by atoms with E-state index in [2.05, 4.69) is 4.98 Å². The minimum Gasteiger partial charge on any atom is -0.491 e. The highest BCUT2D eigenvalue weighted by molar-refractivity contribution is 5.75. The molecule has 0 aliphatic carbocycles. The molecule has 1 heterocycles. The van der Waals surface area contributed by atoms with E-state index in [0.717, 1.165) is 23.3 Å². The lowest BCUT2D eigenvalue weighted by molar-refractivity contribution is 0.0927. The van der Waals surface area contributed by atoms with Crippen molar-refractivity contribution in [3.05, 3.63) is 60.2 Å². The van der Waals surface area contributed by atoms with Crippen LogP contribution in [0.3, 0.4) is 0 Å². The second-order valence-electron chi connectivity index (χ2n) is 5.40. The average molecular weight is 314 g/mol. The molecule has 1 unspecified atom stereocenters. The number of aryl methyl sites for hydroxylation is 1. The average Bonchev–Trinajstić information content (AvgIpc) is 2.92. The Morgan fingerprint density at radius 1 is 1.17 bits per heavy atom. The van der Waals surface area contributed by atoms with Crippen molar-refractivity contribution in [1.29, 1.82) is 0 Å². The number of ether oxygens (including phenoxy) is 1. The molecule has 1 aromatic heterocycles. The fourth-order valence-corrected chi connectivity index (χ4v) is 2.59. The first-order valence-corrected chi connectivity index (χ1v) is 7.68. The maximum absolute atomic E-state index is 12.9. The van der Waals surface area contributed by atoms with E-state index >= 15 is 0 Å². The molecule has 4 nitrogen and oxygen atoms in total. The van der Waals surface area contributed by atoms with Crippen LogP contribution in [0.2, 0.25) is 0 Å². The predicted octanol–water partition coefficient (Wildman–Crippen LogP) is 3.18. The van der Waals surface area contributed by atoms with E-state index in [1.165, 1.54) is 12.1 Å². The van der Waals surface area contributed by atoms with E-state index in [0.29, 0.717) is 12.3 Å². The van der Waals surface area contributed by atoms with Crippen LogP contribution in [0, 0.1) is 5.82 Å². The van der Waals surface area contributed by atoms with Crippen LogP contribution in [0.25, 0.3) is 11.0 Å². The van der Waals surface area contributed by atoms with Crippen LogP contribution >= 0.6 is 0 Å². The smallest absolute Gasteiger partial charge is 0.123 e. The molecular formula is C18H19FN2O2. The first kappa shape index (κ1) is 15.5. The number of rotatable bonds is 6. The van der Waals surface area contributed by atoms with Crippen LogP contribution in [0.1, 0.15) is 12.7 Å². The van der Waals surface area contributed by atoms with Crippen LogP contribution in [0.5, 0.6) is 5.75 Å². The summed E-state index contributed by atoms with van der Waals surface area (Å²) in [4.78, 5) is 4.58. The number of para-hydroxylation sites is 2. The molecule has 0 spiro atoms. The van der Waals surface area contributed by atoms with Crippen LogP contribution in [-0.2, 0) is 13.0 Å². The van der Waals surface area contributed by atoms with E-state index < -0.39 is 6.10 Å². The zero-order valence-corrected chi connectivity index (χ0v) is 12.9. The van der Waals surface area contributed by atoms with Gasteiger partial charge in [0.05, 0.1) is 17.6 Å². The molecule has 120 valence electrons. The number of aliphatic hydroxyl groups excluding tert-OH is 1. The van der Waals surface area contributed by atoms with Crippen LogP contribution in [0.4, 0.5) is 4.39 Å². The third-order valence-corrected chi connectivity index (χ3v) is 3.70. The lowest BCUT2D eigenvalue weighted by Gasteiger charge is -2.15. The van der Waals surface area contributed by atoms with E-state index in [1.807, 2.05) is 35.8 Å². The maximum atomic E-state index is 12.9. The Kier molecular flexibility index (Phi) is 4.57. The Morgan fingerprint density at radius 3 is 2.65 bits per heavy atom. The summed E-state index contributed by atoms with van der Waals surface area (Å²) in [6.45, 7) is 2.59. The van der Waals surface area contributed by atoms with E-state index in [-0.39, 0.29) is 12.4 Å². The first-order chi connectivity index (χ1) is 11.2. The number of fused-ring (bicyclic) bond motifs is 1. The molecule has 3 rings (SSSR count). The Bertz CT molecular complexity index is 783. The minimum atomic E-state index is -0.678. The molecule has 3 aromatic rings. The third-order valence-electron chi connectivity index (χ3n) is 3.70. The number of hydrogen-bond donors (Lipinski definition) is 1. The molecule has 0 aliphatic heterocycles. The van der Waals surface area contributed by atoms with Crippen molar-refractivity contribution in [2.75, 3.05) is 6.61 Å². The van der Waals surface area contributed by atoms with Crippen molar-refractivity contribution in [1.82, 2.24) is 9.55 Å². The SMILES string of the molecule is CCc1nc2ccccc2n1CC(O)COc1ccc(F)cc1. The molecule has 0 radical (unpaired) electrons. The normalized spacial score (nSPS) is 12.5. The van der Waals surface area contributed by atoms with Crippen molar-refractivity contribution >= 4 is 11.0 Å². The maximum Gasteiger partial charge on any atom is 0.123 e. The zero-order valence-electron chi connectivity index (χ0n) is 12.9. The number of benzene rings is 2. The van der Waals surface area contributed by atoms with Gasteiger partial charge in [0.1, 0.15) is 30.1 Å². The third kappa shape index (κ3) is 3.51. The quantitative estimate of drug-likeness (QED) is 0.760. The Hall–Kier alpha value is -2.40. The van der Waals surface area contributed by atoms with Crippen molar-refractivity contribution in [2.24, 2.45) is 0 Å².